The third kappa shape index (κ3) is 1.71. The number of aliphatic hydroxyl groups excluding tert-OH is 1. The van der Waals surface area contributed by atoms with E-state index in [0.29, 0.717) is 13.1 Å². The summed E-state index contributed by atoms with van der Waals surface area (Å²) in [5, 5.41) is 10.9. The highest BCUT2D eigenvalue weighted by Crippen LogP contribution is 2.23. The van der Waals surface area contributed by atoms with Crippen molar-refractivity contribution in [1.29, 1.82) is 0 Å². The van der Waals surface area contributed by atoms with Gasteiger partial charge in [-0.1, -0.05) is 0 Å². The second-order valence-corrected chi connectivity index (χ2v) is 4.16. The smallest absolute Gasteiger partial charge is 0.195 e. The monoisotopic (exact) mass is 226 g/mol. The van der Waals surface area contributed by atoms with Crippen LogP contribution in [0.25, 0.3) is 4.96 Å². The molecule has 0 radical (unpaired) electrons. The van der Waals surface area contributed by atoms with E-state index in [-0.39, 0.29) is 6.61 Å². The van der Waals surface area contributed by atoms with Gasteiger partial charge in [0.2, 0.25) is 0 Å². The van der Waals surface area contributed by atoms with E-state index in [1.807, 2.05) is 27.9 Å². The third-order valence-electron chi connectivity index (χ3n) is 2.33. The van der Waals surface area contributed by atoms with Crippen LogP contribution >= 0.6 is 11.3 Å². The number of hydrogen-bond donors (Lipinski definition) is 2. The predicted molar refractivity (Wildman–Crippen MR) is 61.3 cm³/mol. The van der Waals surface area contributed by atoms with Crippen molar-refractivity contribution in [2.24, 2.45) is 5.73 Å². The largest absolute Gasteiger partial charge is 0.395 e. The maximum absolute atomic E-state index is 8.88. The molecule has 0 aromatic carbocycles. The van der Waals surface area contributed by atoms with Gasteiger partial charge in [-0.25, -0.2) is 4.98 Å². The van der Waals surface area contributed by atoms with Crippen LogP contribution in [0.1, 0.15) is 5.69 Å². The van der Waals surface area contributed by atoms with Crippen LogP contribution in [0.5, 0.6) is 0 Å². The van der Waals surface area contributed by atoms with Crippen molar-refractivity contribution in [3.8, 4) is 0 Å². The van der Waals surface area contributed by atoms with Crippen molar-refractivity contribution >= 4 is 22.1 Å². The first-order valence-electron chi connectivity index (χ1n) is 4.74. The van der Waals surface area contributed by atoms with Crippen molar-refractivity contribution < 1.29 is 5.11 Å². The molecule has 0 aliphatic carbocycles. The van der Waals surface area contributed by atoms with Crippen LogP contribution < -0.4 is 10.6 Å². The quantitative estimate of drug-likeness (QED) is 0.786. The molecule has 0 saturated carbocycles. The number of thiazole rings is 1. The lowest BCUT2D eigenvalue weighted by molar-refractivity contribution is 0.304. The molecule has 6 heteroatoms. The zero-order valence-corrected chi connectivity index (χ0v) is 9.37. The molecule has 15 heavy (non-hydrogen) atoms. The Morgan fingerprint density at radius 2 is 2.47 bits per heavy atom. The molecular weight excluding hydrogens is 212 g/mol. The molecule has 5 nitrogen and oxygen atoms in total. The topological polar surface area (TPSA) is 66.8 Å². The second-order valence-electron chi connectivity index (χ2n) is 3.29. The lowest BCUT2D eigenvalue weighted by Crippen LogP contribution is -2.23. The lowest BCUT2D eigenvalue weighted by atomic mass is 10.4. The molecule has 3 N–H and O–H groups in total. The number of nitrogens with two attached hydrogens (primary N) is 1. The van der Waals surface area contributed by atoms with E-state index in [9.17, 15) is 0 Å². The van der Waals surface area contributed by atoms with Gasteiger partial charge in [0.05, 0.1) is 12.3 Å². The first-order valence-corrected chi connectivity index (χ1v) is 5.62. The second kappa shape index (κ2) is 4.18. The van der Waals surface area contributed by atoms with E-state index in [4.69, 9.17) is 10.8 Å². The van der Waals surface area contributed by atoms with Gasteiger partial charge in [-0.15, -0.1) is 11.3 Å². The van der Waals surface area contributed by atoms with E-state index in [1.165, 1.54) is 0 Å². The van der Waals surface area contributed by atoms with Crippen LogP contribution in [-0.4, -0.2) is 34.7 Å². The Balaban J connectivity index is 2.45. The number of aliphatic hydroxyl groups is 1. The summed E-state index contributed by atoms with van der Waals surface area (Å²) < 4.78 is 1.99. The fourth-order valence-electron chi connectivity index (χ4n) is 1.57. The van der Waals surface area contributed by atoms with Crippen molar-refractivity contribution in [3.05, 3.63) is 17.3 Å². The number of anilines is 1. The average molecular weight is 226 g/mol. The Hall–Kier alpha value is -1.11. The Labute approximate surface area is 91.8 Å². The molecule has 0 bridgehead atoms. The molecule has 0 aliphatic rings. The van der Waals surface area contributed by atoms with Gasteiger partial charge in [-0.2, -0.15) is 0 Å². The van der Waals surface area contributed by atoms with Crippen molar-refractivity contribution in [2.45, 2.75) is 6.54 Å². The van der Waals surface area contributed by atoms with E-state index < -0.39 is 0 Å². The zero-order chi connectivity index (χ0) is 10.8. The van der Waals surface area contributed by atoms with Gasteiger partial charge < -0.3 is 15.7 Å². The van der Waals surface area contributed by atoms with Crippen LogP contribution in [0, 0.1) is 0 Å². The summed E-state index contributed by atoms with van der Waals surface area (Å²) >= 11 is 1.58. The SMILES string of the molecule is CN(CCO)c1nc2sccn2c1CN. The zero-order valence-electron chi connectivity index (χ0n) is 8.55. The minimum Gasteiger partial charge on any atom is -0.395 e. The van der Waals surface area contributed by atoms with Crippen LogP contribution in [0.2, 0.25) is 0 Å². The fourth-order valence-corrected chi connectivity index (χ4v) is 2.30. The predicted octanol–water partition coefficient (Wildman–Crippen LogP) is 0.283. The van der Waals surface area contributed by atoms with E-state index in [1.54, 1.807) is 11.3 Å². The summed E-state index contributed by atoms with van der Waals surface area (Å²) in [6.45, 7) is 1.13. The molecule has 0 aliphatic heterocycles. The lowest BCUT2D eigenvalue weighted by Gasteiger charge is -2.16. The van der Waals surface area contributed by atoms with Crippen LogP contribution in [0.4, 0.5) is 5.82 Å². The highest BCUT2D eigenvalue weighted by molar-refractivity contribution is 7.15. The summed E-state index contributed by atoms with van der Waals surface area (Å²) in [4.78, 5) is 7.34. The van der Waals surface area contributed by atoms with Crippen molar-refractivity contribution in [2.75, 3.05) is 25.1 Å². The van der Waals surface area contributed by atoms with E-state index in [0.717, 1.165) is 16.5 Å². The summed E-state index contributed by atoms with van der Waals surface area (Å²) in [5.74, 6) is 0.860. The maximum Gasteiger partial charge on any atom is 0.195 e. The molecule has 0 unspecified atom stereocenters. The average Bonchev–Trinajstić information content (AvgIpc) is 2.76. The van der Waals surface area contributed by atoms with Crippen molar-refractivity contribution in [3.63, 3.8) is 0 Å². The molecule has 0 spiro atoms. The molecule has 2 aromatic rings. The molecule has 0 atom stereocenters. The summed E-state index contributed by atoms with van der Waals surface area (Å²) in [5.41, 5.74) is 6.70. The van der Waals surface area contributed by atoms with Crippen molar-refractivity contribution in [1.82, 2.24) is 9.38 Å². The van der Waals surface area contributed by atoms with E-state index in [2.05, 4.69) is 4.98 Å². The van der Waals surface area contributed by atoms with Crippen LogP contribution in [0.15, 0.2) is 11.6 Å². The highest BCUT2D eigenvalue weighted by Gasteiger charge is 2.14. The first-order chi connectivity index (χ1) is 7.27. The van der Waals surface area contributed by atoms with Gasteiger partial charge in [0.1, 0.15) is 0 Å². The number of rotatable bonds is 4. The Morgan fingerprint density at radius 3 is 3.13 bits per heavy atom. The normalized spacial score (nSPS) is 11.1. The molecular formula is C9H14N4OS. The summed E-state index contributed by atoms with van der Waals surface area (Å²) in [6.07, 6.45) is 1.96. The minimum atomic E-state index is 0.117. The molecule has 0 amide bonds. The van der Waals surface area contributed by atoms with Gasteiger partial charge in [0, 0.05) is 31.7 Å². The standard InChI is InChI=1S/C9H14N4OS/c1-12(2-4-14)8-7(6-10)13-3-5-15-9(13)11-8/h3,5,14H,2,4,6,10H2,1H3. The van der Waals surface area contributed by atoms with Gasteiger partial charge >= 0.3 is 0 Å². The van der Waals surface area contributed by atoms with Crippen LogP contribution in [0.3, 0.4) is 0 Å². The number of likely N-dealkylation sites (N-methyl/N-ethyl adjacent to an activating group) is 1. The molecule has 2 aromatic heterocycles. The van der Waals surface area contributed by atoms with Crippen LogP contribution in [-0.2, 0) is 6.54 Å². The van der Waals surface area contributed by atoms with Gasteiger partial charge in [0.25, 0.3) is 0 Å². The summed E-state index contributed by atoms with van der Waals surface area (Å²) in [6, 6.07) is 0. The van der Waals surface area contributed by atoms with E-state index >= 15 is 0 Å². The number of imidazole rings is 1. The first kappa shape index (κ1) is 10.4. The number of hydrogen-bond acceptors (Lipinski definition) is 5. The Kier molecular flexibility index (Phi) is 2.90. The molecule has 2 rings (SSSR count). The molecule has 2 heterocycles. The Morgan fingerprint density at radius 1 is 1.67 bits per heavy atom. The highest BCUT2D eigenvalue weighted by atomic mass is 32.1. The number of nitrogens with zero attached hydrogens (tertiary/aromatic N) is 3. The van der Waals surface area contributed by atoms with Gasteiger partial charge in [-0.05, 0) is 0 Å². The third-order valence-corrected chi connectivity index (χ3v) is 3.09. The number of aromatic nitrogens is 2. The number of fused-ring (bicyclic) bond motifs is 1. The van der Waals surface area contributed by atoms with Gasteiger partial charge in [0.15, 0.2) is 10.8 Å². The fraction of sp³-hybridized carbons (Fsp3) is 0.444. The summed E-state index contributed by atoms with van der Waals surface area (Å²) in [7, 11) is 1.90. The molecule has 0 fully saturated rings. The molecule has 82 valence electrons. The van der Waals surface area contributed by atoms with Gasteiger partial charge in [-0.3, -0.25) is 4.40 Å². The molecule has 0 saturated heterocycles. The minimum absolute atomic E-state index is 0.117. The maximum atomic E-state index is 8.88. The Bertz CT molecular complexity index is 450.